The maximum Gasteiger partial charge on any atom is 0.416 e. The number of amides is 1. The first kappa shape index (κ1) is 17.4. The molecule has 0 spiro atoms. The van der Waals surface area contributed by atoms with Crippen molar-refractivity contribution in [2.75, 3.05) is 6.61 Å². The van der Waals surface area contributed by atoms with Crippen LogP contribution in [0.1, 0.15) is 33.1 Å². The second-order valence-electron chi connectivity index (χ2n) is 5.81. The van der Waals surface area contributed by atoms with Crippen molar-refractivity contribution in [1.82, 2.24) is 5.32 Å². The second kappa shape index (κ2) is 6.85. The van der Waals surface area contributed by atoms with Gasteiger partial charge in [0.15, 0.2) is 0 Å². The van der Waals surface area contributed by atoms with Crippen LogP contribution in [0.15, 0.2) is 48.5 Å². The summed E-state index contributed by atoms with van der Waals surface area (Å²) in [6.45, 7) is -0.149. The first-order chi connectivity index (χ1) is 11.9. The van der Waals surface area contributed by atoms with Crippen LogP contribution in [0, 0.1) is 0 Å². The van der Waals surface area contributed by atoms with E-state index in [1.54, 1.807) is 30.3 Å². The first-order valence-electron chi connectivity index (χ1n) is 7.68. The van der Waals surface area contributed by atoms with Crippen LogP contribution >= 0.6 is 0 Å². The highest BCUT2D eigenvalue weighted by Crippen LogP contribution is 2.34. The van der Waals surface area contributed by atoms with Crippen molar-refractivity contribution in [3.05, 3.63) is 70.8 Å². The average Bonchev–Trinajstić information content (AvgIpc) is 2.74. The van der Waals surface area contributed by atoms with Crippen LogP contribution in [0.4, 0.5) is 13.2 Å². The first-order valence-corrected chi connectivity index (χ1v) is 7.68. The number of carbonyl (C=O) groups is 1. The van der Waals surface area contributed by atoms with Gasteiger partial charge >= 0.3 is 6.18 Å². The molecule has 0 aromatic heterocycles. The molecule has 2 aromatic carbocycles. The Bertz CT molecular complexity index is 762. The van der Waals surface area contributed by atoms with E-state index in [1.165, 1.54) is 6.07 Å². The molecule has 0 bridgehead atoms. The summed E-state index contributed by atoms with van der Waals surface area (Å²) in [7, 11) is 0. The van der Waals surface area contributed by atoms with Crippen LogP contribution < -0.4 is 5.32 Å². The van der Waals surface area contributed by atoms with E-state index in [1.807, 2.05) is 0 Å². The van der Waals surface area contributed by atoms with Crippen LogP contribution in [-0.4, -0.2) is 23.7 Å². The number of hydrogen-bond donors (Lipinski definition) is 2. The predicted molar refractivity (Wildman–Crippen MR) is 83.8 cm³/mol. The van der Waals surface area contributed by atoms with E-state index in [4.69, 9.17) is 4.74 Å². The molecular weight excluding hydrogens is 335 g/mol. The number of ether oxygens (including phenoxy) is 1. The number of halogens is 3. The van der Waals surface area contributed by atoms with Crippen molar-refractivity contribution >= 4 is 5.91 Å². The van der Waals surface area contributed by atoms with Crippen molar-refractivity contribution in [3.63, 3.8) is 0 Å². The second-order valence-corrected chi connectivity index (χ2v) is 5.81. The van der Waals surface area contributed by atoms with Gasteiger partial charge in [0.05, 0.1) is 24.8 Å². The van der Waals surface area contributed by atoms with Gasteiger partial charge < -0.3 is 15.2 Å². The Balaban J connectivity index is 1.92. The normalized spacial score (nSPS) is 20.5. The molecule has 1 aliphatic rings. The van der Waals surface area contributed by atoms with Crippen molar-refractivity contribution in [1.29, 1.82) is 0 Å². The number of nitrogens with one attached hydrogen (secondary N) is 1. The number of hydrogen-bond acceptors (Lipinski definition) is 3. The summed E-state index contributed by atoms with van der Waals surface area (Å²) < 4.78 is 44.0. The average molecular weight is 351 g/mol. The number of aliphatic hydroxyl groups is 1. The molecule has 3 rings (SSSR count). The van der Waals surface area contributed by atoms with Crippen LogP contribution in [0.3, 0.4) is 0 Å². The van der Waals surface area contributed by atoms with E-state index < -0.39 is 29.8 Å². The minimum Gasteiger partial charge on any atom is -0.388 e. The molecular formula is C18H16F3NO3. The predicted octanol–water partition coefficient (Wildman–Crippen LogP) is 3.07. The van der Waals surface area contributed by atoms with E-state index in [9.17, 15) is 23.1 Å². The highest BCUT2D eigenvalue weighted by molar-refractivity contribution is 5.94. The van der Waals surface area contributed by atoms with Gasteiger partial charge in [-0.3, -0.25) is 4.79 Å². The molecule has 132 valence electrons. The zero-order valence-electron chi connectivity index (χ0n) is 13.1. The number of alkyl halides is 3. The molecule has 0 saturated heterocycles. The fraction of sp³-hybridized carbons (Fsp3) is 0.278. The van der Waals surface area contributed by atoms with Crippen molar-refractivity contribution < 1.29 is 27.8 Å². The number of rotatable bonds is 2. The molecule has 0 fully saturated rings. The van der Waals surface area contributed by atoms with Gasteiger partial charge in [0.25, 0.3) is 5.91 Å². The lowest BCUT2D eigenvalue weighted by molar-refractivity contribution is -0.137. The molecule has 2 atom stereocenters. The number of carbonyl (C=O) groups excluding carboxylic acids is 1. The monoisotopic (exact) mass is 351 g/mol. The van der Waals surface area contributed by atoms with Crippen LogP contribution in [0.5, 0.6) is 0 Å². The topological polar surface area (TPSA) is 58.6 Å². The molecule has 1 heterocycles. The van der Waals surface area contributed by atoms with Gasteiger partial charge in [-0.05, 0) is 35.4 Å². The Morgan fingerprint density at radius 2 is 1.88 bits per heavy atom. The van der Waals surface area contributed by atoms with E-state index in [0.717, 1.165) is 12.1 Å². The molecule has 2 aromatic rings. The summed E-state index contributed by atoms with van der Waals surface area (Å²) >= 11 is 0. The molecule has 0 saturated carbocycles. The fourth-order valence-corrected chi connectivity index (χ4v) is 2.79. The van der Waals surface area contributed by atoms with Crippen LogP contribution in [0.2, 0.25) is 0 Å². The van der Waals surface area contributed by atoms with Crippen LogP contribution in [-0.2, 0) is 17.5 Å². The minimum absolute atomic E-state index is 0.0615. The molecule has 0 unspecified atom stereocenters. The highest BCUT2D eigenvalue weighted by Gasteiger charge is 2.34. The van der Waals surface area contributed by atoms with E-state index in [-0.39, 0.29) is 13.2 Å². The Morgan fingerprint density at radius 3 is 2.56 bits per heavy atom. The maximum atomic E-state index is 12.9. The summed E-state index contributed by atoms with van der Waals surface area (Å²) in [5, 5.41) is 12.9. The smallest absolute Gasteiger partial charge is 0.388 e. The lowest BCUT2D eigenvalue weighted by Crippen LogP contribution is -2.37. The van der Waals surface area contributed by atoms with E-state index in [0.29, 0.717) is 16.7 Å². The van der Waals surface area contributed by atoms with E-state index in [2.05, 4.69) is 5.32 Å². The third-order valence-electron chi connectivity index (χ3n) is 4.06. The van der Waals surface area contributed by atoms with Crippen molar-refractivity contribution in [3.8, 4) is 0 Å². The molecule has 0 aliphatic carbocycles. The zero-order chi connectivity index (χ0) is 18.0. The lowest BCUT2D eigenvalue weighted by Gasteiger charge is -2.23. The minimum atomic E-state index is -4.47. The van der Waals surface area contributed by atoms with Gasteiger partial charge in [-0.1, -0.05) is 24.3 Å². The summed E-state index contributed by atoms with van der Waals surface area (Å²) in [5.74, 6) is -0.419. The van der Waals surface area contributed by atoms with Gasteiger partial charge in [-0.2, -0.15) is 13.2 Å². The molecule has 2 N–H and O–H groups in total. The van der Waals surface area contributed by atoms with Gasteiger partial charge in [-0.25, -0.2) is 0 Å². The van der Waals surface area contributed by atoms with Crippen LogP contribution in [0.25, 0.3) is 0 Å². The molecule has 7 heteroatoms. The number of benzene rings is 2. The Hall–Kier alpha value is -2.38. The number of aliphatic hydroxyl groups excluding tert-OH is 1. The maximum absolute atomic E-state index is 12.9. The standard InChI is InChI=1S/C18H16F3NO3/c19-18(20,21)13-6-7-14-12(8-13)9-25-10-15(23)16(14)22-17(24)11-4-2-1-3-5-11/h1-8,15-16,23H,9-10H2,(H,22,24)/t15-,16-/m0/s1. The molecule has 0 radical (unpaired) electrons. The van der Waals surface area contributed by atoms with Crippen molar-refractivity contribution in [2.45, 2.75) is 24.9 Å². The quantitative estimate of drug-likeness (QED) is 0.874. The lowest BCUT2D eigenvalue weighted by atomic mass is 9.95. The third kappa shape index (κ3) is 3.83. The largest absolute Gasteiger partial charge is 0.416 e. The summed E-state index contributed by atoms with van der Waals surface area (Å²) in [6.07, 6.45) is -5.53. The Morgan fingerprint density at radius 1 is 1.16 bits per heavy atom. The number of fused-ring (bicyclic) bond motifs is 1. The van der Waals surface area contributed by atoms with Gasteiger partial charge in [-0.15, -0.1) is 0 Å². The Kier molecular flexibility index (Phi) is 4.78. The summed E-state index contributed by atoms with van der Waals surface area (Å²) in [5.41, 5.74) is 0.319. The molecule has 25 heavy (non-hydrogen) atoms. The Labute approximate surface area is 142 Å². The molecule has 4 nitrogen and oxygen atoms in total. The van der Waals surface area contributed by atoms with Gasteiger partial charge in [0.2, 0.25) is 0 Å². The summed E-state index contributed by atoms with van der Waals surface area (Å²) in [4.78, 5) is 12.4. The SMILES string of the molecule is O=C(N[C@H]1c2ccc(C(F)(F)F)cc2COC[C@@H]1O)c1ccccc1. The summed E-state index contributed by atoms with van der Waals surface area (Å²) in [6, 6.07) is 10.8. The van der Waals surface area contributed by atoms with E-state index >= 15 is 0 Å². The molecule has 1 aliphatic heterocycles. The van der Waals surface area contributed by atoms with Gasteiger partial charge in [0, 0.05) is 5.56 Å². The fourth-order valence-electron chi connectivity index (χ4n) is 2.79. The highest BCUT2D eigenvalue weighted by atomic mass is 19.4. The zero-order valence-corrected chi connectivity index (χ0v) is 13.1. The van der Waals surface area contributed by atoms with Crippen molar-refractivity contribution in [2.24, 2.45) is 0 Å². The van der Waals surface area contributed by atoms with Gasteiger partial charge in [0.1, 0.15) is 6.10 Å². The molecule has 1 amide bonds. The third-order valence-corrected chi connectivity index (χ3v) is 4.06.